The standard InChI is InChI=1S/C22H30N2O2/c1-22(2,3)18-8-10-19(11-9-18)24-21(25)13-15-23-14-12-17-6-5-7-20(16-17)26-4/h5-11,16,23H,12-15H2,1-4H3,(H,24,25). The highest BCUT2D eigenvalue weighted by Gasteiger charge is 2.13. The van der Waals surface area contributed by atoms with E-state index in [0.29, 0.717) is 13.0 Å². The highest BCUT2D eigenvalue weighted by Crippen LogP contribution is 2.23. The van der Waals surface area contributed by atoms with Gasteiger partial charge in [0.05, 0.1) is 7.11 Å². The second-order valence-electron chi connectivity index (χ2n) is 7.48. The molecule has 0 aliphatic rings. The van der Waals surface area contributed by atoms with E-state index in [2.05, 4.69) is 49.6 Å². The number of hydrogen-bond donors (Lipinski definition) is 2. The summed E-state index contributed by atoms with van der Waals surface area (Å²) in [5.74, 6) is 0.904. The lowest BCUT2D eigenvalue weighted by atomic mass is 9.87. The molecule has 140 valence electrons. The van der Waals surface area contributed by atoms with Gasteiger partial charge in [0, 0.05) is 18.7 Å². The molecule has 0 atom stereocenters. The third-order valence-corrected chi connectivity index (χ3v) is 4.29. The summed E-state index contributed by atoms with van der Waals surface area (Å²) < 4.78 is 5.22. The normalized spacial score (nSPS) is 11.2. The molecule has 0 aliphatic carbocycles. The fourth-order valence-corrected chi connectivity index (χ4v) is 2.66. The van der Waals surface area contributed by atoms with E-state index in [4.69, 9.17) is 4.74 Å². The Morgan fingerprint density at radius 2 is 1.77 bits per heavy atom. The maximum atomic E-state index is 12.0. The average molecular weight is 354 g/mol. The summed E-state index contributed by atoms with van der Waals surface area (Å²) in [6.45, 7) is 8.03. The largest absolute Gasteiger partial charge is 0.497 e. The molecule has 0 saturated carbocycles. The van der Waals surface area contributed by atoms with Crippen molar-refractivity contribution in [1.29, 1.82) is 0 Å². The van der Waals surface area contributed by atoms with E-state index in [1.807, 2.05) is 30.3 Å². The molecule has 0 saturated heterocycles. The molecular weight excluding hydrogens is 324 g/mol. The number of methoxy groups -OCH3 is 1. The van der Waals surface area contributed by atoms with E-state index in [-0.39, 0.29) is 11.3 Å². The summed E-state index contributed by atoms with van der Waals surface area (Å²) in [6, 6.07) is 16.1. The predicted molar refractivity (Wildman–Crippen MR) is 108 cm³/mol. The molecule has 2 aromatic rings. The van der Waals surface area contributed by atoms with Crippen LogP contribution in [-0.4, -0.2) is 26.1 Å². The van der Waals surface area contributed by atoms with Crippen LogP contribution in [0.5, 0.6) is 5.75 Å². The first kappa shape index (κ1) is 20.0. The Morgan fingerprint density at radius 3 is 2.42 bits per heavy atom. The molecule has 1 amide bonds. The quantitative estimate of drug-likeness (QED) is 0.700. The molecule has 0 bridgehead atoms. The van der Waals surface area contributed by atoms with Crippen LogP contribution >= 0.6 is 0 Å². The van der Waals surface area contributed by atoms with Gasteiger partial charge in [-0.2, -0.15) is 0 Å². The van der Waals surface area contributed by atoms with Crippen molar-refractivity contribution in [2.45, 2.75) is 39.0 Å². The van der Waals surface area contributed by atoms with Crippen molar-refractivity contribution in [3.63, 3.8) is 0 Å². The Bertz CT molecular complexity index is 703. The van der Waals surface area contributed by atoms with Gasteiger partial charge in [0.1, 0.15) is 5.75 Å². The molecule has 0 aromatic heterocycles. The number of carbonyl (C=O) groups is 1. The van der Waals surface area contributed by atoms with E-state index in [9.17, 15) is 4.79 Å². The number of ether oxygens (including phenoxy) is 1. The first-order valence-electron chi connectivity index (χ1n) is 9.12. The summed E-state index contributed by atoms with van der Waals surface area (Å²) >= 11 is 0. The average Bonchev–Trinajstić information content (AvgIpc) is 2.61. The summed E-state index contributed by atoms with van der Waals surface area (Å²) in [5.41, 5.74) is 3.45. The topological polar surface area (TPSA) is 50.4 Å². The molecule has 0 spiro atoms. The predicted octanol–water partition coefficient (Wildman–Crippen LogP) is 4.15. The van der Waals surface area contributed by atoms with Crippen molar-refractivity contribution >= 4 is 11.6 Å². The van der Waals surface area contributed by atoms with Crippen molar-refractivity contribution in [2.24, 2.45) is 0 Å². The number of amides is 1. The van der Waals surface area contributed by atoms with Crippen LogP contribution in [0.4, 0.5) is 5.69 Å². The lowest BCUT2D eigenvalue weighted by Gasteiger charge is -2.19. The van der Waals surface area contributed by atoms with Crippen molar-refractivity contribution < 1.29 is 9.53 Å². The summed E-state index contributed by atoms with van der Waals surface area (Å²) in [6.07, 6.45) is 1.37. The summed E-state index contributed by atoms with van der Waals surface area (Å²) in [7, 11) is 1.67. The van der Waals surface area contributed by atoms with Crippen LogP contribution < -0.4 is 15.4 Å². The van der Waals surface area contributed by atoms with Gasteiger partial charge in [0.15, 0.2) is 0 Å². The van der Waals surface area contributed by atoms with Crippen molar-refractivity contribution in [2.75, 3.05) is 25.5 Å². The molecule has 4 heteroatoms. The van der Waals surface area contributed by atoms with Crippen molar-refractivity contribution in [3.8, 4) is 5.75 Å². The molecule has 0 unspecified atom stereocenters. The van der Waals surface area contributed by atoms with E-state index in [1.54, 1.807) is 7.11 Å². The third kappa shape index (κ3) is 6.52. The van der Waals surface area contributed by atoms with E-state index < -0.39 is 0 Å². The Balaban J connectivity index is 1.67. The molecular formula is C22H30N2O2. The Labute approximate surface area is 157 Å². The SMILES string of the molecule is COc1cccc(CCNCCC(=O)Nc2ccc(C(C)(C)C)cc2)c1. The molecule has 2 N–H and O–H groups in total. The van der Waals surface area contributed by atoms with Crippen LogP contribution in [0, 0.1) is 0 Å². The minimum absolute atomic E-state index is 0.0300. The fourth-order valence-electron chi connectivity index (χ4n) is 2.66. The first-order valence-corrected chi connectivity index (χ1v) is 9.12. The summed E-state index contributed by atoms with van der Waals surface area (Å²) in [4.78, 5) is 12.0. The minimum atomic E-state index is 0.0300. The summed E-state index contributed by atoms with van der Waals surface area (Å²) in [5, 5.41) is 6.26. The van der Waals surface area contributed by atoms with Gasteiger partial charge in [-0.15, -0.1) is 0 Å². The molecule has 0 heterocycles. The smallest absolute Gasteiger partial charge is 0.225 e. The molecule has 2 aromatic carbocycles. The van der Waals surface area contributed by atoms with Crippen molar-refractivity contribution in [1.82, 2.24) is 5.32 Å². The first-order chi connectivity index (χ1) is 12.4. The van der Waals surface area contributed by atoms with Crippen LogP contribution in [0.1, 0.15) is 38.3 Å². The third-order valence-electron chi connectivity index (χ3n) is 4.29. The van der Waals surface area contributed by atoms with Gasteiger partial charge in [-0.05, 0) is 53.8 Å². The van der Waals surface area contributed by atoms with E-state index in [1.165, 1.54) is 11.1 Å². The van der Waals surface area contributed by atoms with Gasteiger partial charge < -0.3 is 15.4 Å². The highest BCUT2D eigenvalue weighted by atomic mass is 16.5. The fraction of sp³-hybridized carbons (Fsp3) is 0.409. The van der Waals surface area contributed by atoms with E-state index in [0.717, 1.165) is 24.4 Å². The highest BCUT2D eigenvalue weighted by molar-refractivity contribution is 5.90. The zero-order valence-electron chi connectivity index (χ0n) is 16.3. The molecule has 0 aliphatic heterocycles. The van der Waals surface area contributed by atoms with Crippen LogP contribution in [-0.2, 0) is 16.6 Å². The number of hydrogen-bond acceptors (Lipinski definition) is 3. The van der Waals surface area contributed by atoms with Crippen LogP contribution in [0.2, 0.25) is 0 Å². The van der Waals surface area contributed by atoms with Gasteiger partial charge in [0.2, 0.25) is 5.91 Å². The van der Waals surface area contributed by atoms with Crippen LogP contribution in [0.3, 0.4) is 0 Å². The molecule has 26 heavy (non-hydrogen) atoms. The van der Waals surface area contributed by atoms with Gasteiger partial charge in [-0.25, -0.2) is 0 Å². The minimum Gasteiger partial charge on any atom is -0.497 e. The molecule has 2 rings (SSSR count). The van der Waals surface area contributed by atoms with Crippen molar-refractivity contribution in [3.05, 3.63) is 59.7 Å². The Hall–Kier alpha value is -2.33. The Kier molecular flexibility index (Phi) is 7.22. The zero-order chi connectivity index (χ0) is 19.0. The number of rotatable bonds is 8. The van der Waals surface area contributed by atoms with Gasteiger partial charge in [-0.3, -0.25) is 4.79 Å². The Morgan fingerprint density at radius 1 is 1.04 bits per heavy atom. The molecule has 0 fully saturated rings. The maximum absolute atomic E-state index is 12.0. The monoisotopic (exact) mass is 354 g/mol. The number of anilines is 1. The number of carbonyl (C=O) groups excluding carboxylic acids is 1. The molecule has 4 nitrogen and oxygen atoms in total. The zero-order valence-corrected chi connectivity index (χ0v) is 16.3. The van der Waals surface area contributed by atoms with Gasteiger partial charge >= 0.3 is 0 Å². The lowest BCUT2D eigenvalue weighted by Crippen LogP contribution is -2.23. The second-order valence-corrected chi connectivity index (χ2v) is 7.48. The lowest BCUT2D eigenvalue weighted by molar-refractivity contribution is -0.116. The molecule has 0 radical (unpaired) electrons. The van der Waals surface area contributed by atoms with Crippen LogP contribution in [0.25, 0.3) is 0 Å². The van der Waals surface area contributed by atoms with Gasteiger partial charge in [0.25, 0.3) is 0 Å². The second kappa shape index (κ2) is 9.39. The number of nitrogens with one attached hydrogen (secondary N) is 2. The maximum Gasteiger partial charge on any atom is 0.225 e. The van der Waals surface area contributed by atoms with Crippen LogP contribution in [0.15, 0.2) is 48.5 Å². The van der Waals surface area contributed by atoms with E-state index >= 15 is 0 Å². The van der Waals surface area contributed by atoms with Gasteiger partial charge in [-0.1, -0.05) is 45.0 Å². The number of benzene rings is 2.